The lowest BCUT2D eigenvalue weighted by atomic mass is 10.2. The van der Waals surface area contributed by atoms with Crippen LogP contribution >= 0.6 is 11.8 Å². The molecule has 158 valence electrons. The smallest absolute Gasteiger partial charge is 0.242 e. The first-order valence-corrected chi connectivity index (χ1v) is 11.3. The van der Waals surface area contributed by atoms with Crippen molar-refractivity contribution >= 4 is 34.5 Å². The molecular weight excluding hydrogens is 386 g/mol. The molecule has 1 fully saturated rings. The lowest BCUT2D eigenvalue weighted by Gasteiger charge is -2.35. The van der Waals surface area contributed by atoms with Gasteiger partial charge in [0.25, 0.3) is 0 Å². The Labute approximate surface area is 177 Å². The summed E-state index contributed by atoms with van der Waals surface area (Å²) in [6, 6.07) is 8.06. The van der Waals surface area contributed by atoms with Gasteiger partial charge in [0, 0.05) is 48.2 Å². The van der Waals surface area contributed by atoms with Crippen molar-refractivity contribution in [3.8, 4) is 0 Å². The fourth-order valence-electron chi connectivity index (χ4n) is 3.89. The van der Waals surface area contributed by atoms with E-state index in [9.17, 15) is 9.59 Å². The zero-order valence-electron chi connectivity index (χ0n) is 17.8. The van der Waals surface area contributed by atoms with Crippen LogP contribution in [-0.2, 0) is 20.9 Å². The van der Waals surface area contributed by atoms with E-state index in [1.807, 2.05) is 66.5 Å². The second-order valence-corrected chi connectivity index (χ2v) is 8.57. The second-order valence-electron chi connectivity index (χ2n) is 7.55. The number of rotatable bonds is 7. The van der Waals surface area contributed by atoms with Crippen LogP contribution in [0.15, 0.2) is 35.4 Å². The first kappa shape index (κ1) is 21.7. The van der Waals surface area contributed by atoms with Crippen LogP contribution in [0.3, 0.4) is 0 Å². The van der Waals surface area contributed by atoms with Gasteiger partial charge < -0.3 is 19.1 Å². The van der Waals surface area contributed by atoms with Gasteiger partial charge >= 0.3 is 0 Å². The van der Waals surface area contributed by atoms with E-state index in [4.69, 9.17) is 4.74 Å². The number of carbonyl (C=O) groups is 2. The molecule has 2 amide bonds. The number of hydrogen-bond donors (Lipinski definition) is 0. The standard InChI is InChI=1S/C22H31N3O3S/c1-5-23(6-2)21(26)14-24-13-20(18-9-7-8-10-19(18)24)29-15-22(27)25-11-16(3)28-17(4)12-25/h7-10,13,16-17H,5-6,11-12,14-15H2,1-4H3/t16-,17+. The lowest BCUT2D eigenvalue weighted by molar-refractivity contribution is -0.140. The number of morpholine rings is 1. The Morgan fingerprint density at radius 3 is 2.45 bits per heavy atom. The van der Waals surface area contributed by atoms with Crippen LogP contribution in [0.5, 0.6) is 0 Å². The fraction of sp³-hybridized carbons (Fsp3) is 0.545. The monoisotopic (exact) mass is 417 g/mol. The fourth-order valence-corrected chi connectivity index (χ4v) is 4.88. The molecular formula is C22H31N3O3S. The van der Waals surface area contributed by atoms with Crippen LogP contribution in [0.4, 0.5) is 0 Å². The van der Waals surface area contributed by atoms with E-state index < -0.39 is 0 Å². The van der Waals surface area contributed by atoms with E-state index in [1.165, 1.54) is 0 Å². The summed E-state index contributed by atoms with van der Waals surface area (Å²) in [4.78, 5) is 30.1. The molecule has 1 aromatic carbocycles. The highest BCUT2D eigenvalue weighted by Gasteiger charge is 2.26. The molecule has 0 unspecified atom stereocenters. The summed E-state index contributed by atoms with van der Waals surface area (Å²) >= 11 is 1.54. The van der Waals surface area contributed by atoms with E-state index in [0.29, 0.717) is 38.5 Å². The van der Waals surface area contributed by atoms with Crippen molar-refractivity contribution in [3.05, 3.63) is 30.5 Å². The van der Waals surface area contributed by atoms with Crippen LogP contribution in [0.25, 0.3) is 10.9 Å². The zero-order chi connectivity index (χ0) is 21.0. The molecule has 1 aliphatic rings. The predicted molar refractivity (Wildman–Crippen MR) is 117 cm³/mol. The molecule has 1 aliphatic heterocycles. The largest absolute Gasteiger partial charge is 0.372 e. The molecule has 0 saturated carbocycles. The number of hydrogen-bond acceptors (Lipinski definition) is 4. The third kappa shape index (κ3) is 5.14. The number of aromatic nitrogens is 1. The number of benzene rings is 1. The molecule has 0 aliphatic carbocycles. The SMILES string of the molecule is CCN(CC)C(=O)Cn1cc(SCC(=O)N2C[C@@H](C)O[C@@H](C)C2)c2ccccc21. The summed E-state index contributed by atoms with van der Waals surface area (Å²) in [5.74, 6) is 0.630. The minimum atomic E-state index is 0.0701. The molecule has 0 bridgehead atoms. The van der Waals surface area contributed by atoms with E-state index in [-0.39, 0.29) is 24.0 Å². The number of ether oxygens (including phenoxy) is 1. The van der Waals surface area contributed by atoms with E-state index in [2.05, 4.69) is 6.07 Å². The van der Waals surface area contributed by atoms with E-state index >= 15 is 0 Å². The quantitative estimate of drug-likeness (QED) is 0.649. The first-order valence-electron chi connectivity index (χ1n) is 10.3. The van der Waals surface area contributed by atoms with Gasteiger partial charge in [0.2, 0.25) is 11.8 Å². The third-order valence-electron chi connectivity index (χ3n) is 5.30. The molecule has 2 aromatic rings. The molecule has 6 nitrogen and oxygen atoms in total. The van der Waals surface area contributed by atoms with E-state index in [1.54, 1.807) is 11.8 Å². The summed E-state index contributed by atoms with van der Waals surface area (Å²) < 4.78 is 7.73. The van der Waals surface area contributed by atoms with Crippen molar-refractivity contribution < 1.29 is 14.3 Å². The van der Waals surface area contributed by atoms with Crippen LogP contribution in [-0.4, -0.2) is 70.3 Å². The molecule has 1 aromatic heterocycles. The van der Waals surface area contributed by atoms with Crippen LogP contribution < -0.4 is 0 Å². The summed E-state index contributed by atoms with van der Waals surface area (Å²) in [5, 5.41) is 1.08. The highest BCUT2D eigenvalue weighted by molar-refractivity contribution is 8.00. The Morgan fingerprint density at radius 2 is 1.79 bits per heavy atom. The van der Waals surface area contributed by atoms with Gasteiger partial charge in [-0.3, -0.25) is 9.59 Å². The normalized spacial score (nSPS) is 19.5. The van der Waals surface area contributed by atoms with Crippen molar-refractivity contribution in [2.75, 3.05) is 31.9 Å². The number of amides is 2. The highest BCUT2D eigenvalue weighted by atomic mass is 32.2. The van der Waals surface area contributed by atoms with Crippen LogP contribution in [0.1, 0.15) is 27.7 Å². The average Bonchev–Trinajstić information content (AvgIpc) is 3.04. The molecule has 0 spiro atoms. The molecule has 7 heteroatoms. The minimum absolute atomic E-state index is 0.0701. The number of fused-ring (bicyclic) bond motifs is 1. The van der Waals surface area contributed by atoms with Gasteiger partial charge in [-0.1, -0.05) is 18.2 Å². The number of nitrogens with zero attached hydrogens (tertiary/aromatic N) is 3. The van der Waals surface area contributed by atoms with Gasteiger partial charge in [-0.2, -0.15) is 0 Å². The summed E-state index contributed by atoms with van der Waals surface area (Å²) in [6.07, 6.45) is 2.15. The Morgan fingerprint density at radius 1 is 1.14 bits per heavy atom. The van der Waals surface area contributed by atoms with Crippen molar-refractivity contribution in [2.45, 2.75) is 51.3 Å². The Bertz CT molecular complexity index is 852. The van der Waals surface area contributed by atoms with Crippen molar-refractivity contribution in [1.82, 2.24) is 14.4 Å². The molecule has 0 N–H and O–H groups in total. The Hall–Kier alpha value is -1.99. The molecule has 2 heterocycles. The number of likely N-dealkylation sites (N-methyl/N-ethyl adjacent to an activating group) is 1. The molecule has 29 heavy (non-hydrogen) atoms. The van der Waals surface area contributed by atoms with Crippen LogP contribution in [0.2, 0.25) is 0 Å². The molecule has 3 rings (SSSR count). The lowest BCUT2D eigenvalue weighted by Crippen LogP contribution is -2.48. The van der Waals surface area contributed by atoms with Gasteiger partial charge in [0.15, 0.2) is 0 Å². The van der Waals surface area contributed by atoms with Gasteiger partial charge in [0.1, 0.15) is 6.54 Å². The average molecular weight is 418 g/mol. The summed E-state index contributed by atoms with van der Waals surface area (Å²) in [5.41, 5.74) is 1.02. The maximum Gasteiger partial charge on any atom is 0.242 e. The van der Waals surface area contributed by atoms with Gasteiger partial charge in [0.05, 0.1) is 18.0 Å². The summed E-state index contributed by atoms with van der Waals surface area (Å²) in [7, 11) is 0. The second kappa shape index (κ2) is 9.67. The number of para-hydroxylation sites is 1. The minimum Gasteiger partial charge on any atom is -0.372 e. The van der Waals surface area contributed by atoms with Crippen molar-refractivity contribution in [1.29, 1.82) is 0 Å². The number of carbonyl (C=O) groups excluding carboxylic acids is 2. The maximum atomic E-state index is 12.7. The Balaban J connectivity index is 1.73. The van der Waals surface area contributed by atoms with Crippen molar-refractivity contribution in [2.24, 2.45) is 0 Å². The maximum absolute atomic E-state index is 12.7. The van der Waals surface area contributed by atoms with Gasteiger partial charge in [-0.25, -0.2) is 0 Å². The number of thioether (sulfide) groups is 1. The molecule has 1 saturated heterocycles. The summed E-state index contributed by atoms with van der Waals surface area (Å²) in [6.45, 7) is 11.0. The van der Waals surface area contributed by atoms with Crippen molar-refractivity contribution in [3.63, 3.8) is 0 Å². The van der Waals surface area contributed by atoms with E-state index in [0.717, 1.165) is 15.8 Å². The van der Waals surface area contributed by atoms with Gasteiger partial charge in [-0.05, 0) is 33.8 Å². The van der Waals surface area contributed by atoms with Crippen LogP contribution in [0, 0.1) is 0 Å². The molecule has 0 radical (unpaired) electrons. The van der Waals surface area contributed by atoms with Gasteiger partial charge in [-0.15, -0.1) is 11.8 Å². The predicted octanol–water partition coefficient (Wildman–Crippen LogP) is 3.24. The zero-order valence-corrected chi connectivity index (χ0v) is 18.6. The topological polar surface area (TPSA) is 54.8 Å². The highest BCUT2D eigenvalue weighted by Crippen LogP contribution is 2.30. The first-order chi connectivity index (χ1) is 13.9. The molecule has 2 atom stereocenters. The Kier molecular flexibility index (Phi) is 7.24. The third-order valence-corrected chi connectivity index (χ3v) is 6.32.